The van der Waals surface area contributed by atoms with Crippen LogP contribution in [0.3, 0.4) is 0 Å². The molecule has 2 aromatic rings. The van der Waals surface area contributed by atoms with Crippen molar-refractivity contribution in [2.24, 2.45) is 7.05 Å². The third-order valence-electron chi connectivity index (χ3n) is 3.88. The molecule has 2 heterocycles. The fraction of sp³-hybridized carbons (Fsp3) is 0.444. The van der Waals surface area contributed by atoms with E-state index in [0.717, 1.165) is 17.7 Å². The Hall–Kier alpha value is -1.86. The van der Waals surface area contributed by atoms with E-state index >= 15 is 0 Å². The number of anilines is 2. The summed E-state index contributed by atoms with van der Waals surface area (Å²) in [6.45, 7) is 6.67. The van der Waals surface area contributed by atoms with Gasteiger partial charge in [-0.05, 0) is 29.9 Å². The van der Waals surface area contributed by atoms with Gasteiger partial charge in [0.15, 0.2) is 0 Å². The fourth-order valence-electron chi connectivity index (χ4n) is 2.66. The van der Waals surface area contributed by atoms with Crippen molar-refractivity contribution in [1.29, 1.82) is 0 Å². The lowest BCUT2D eigenvalue weighted by atomic mass is 10.2. The average Bonchev–Trinajstić information content (AvgIpc) is 3.00. The third-order valence-corrected chi connectivity index (χ3v) is 5.46. The Balaban J connectivity index is 0.00000117. The molecule has 1 aromatic carbocycles. The second-order valence-electron chi connectivity index (χ2n) is 5.64. The van der Waals surface area contributed by atoms with E-state index in [0.29, 0.717) is 23.1 Å². The Bertz CT molecular complexity index is 848. The highest BCUT2D eigenvalue weighted by Gasteiger charge is 2.33. The topological polar surface area (TPSA) is 70.1 Å². The molecule has 142 valence electrons. The molecule has 0 spiro atoms. The monoisotopic (exact) mass is 396 g/mol. The van der Waals surface area contributed by atoms with Crippen LogP contribution in [0.15, 0.2) is 33.9 Å². The number of H-pyrrole nitrogens is 1. The quantitative estimate of drug-likeness (QED) is 0.807. The molecular formula is C18H25ClN4O2S. The highest BCUT2D eigenvalue weighted by molar-refractivity contribution is 8.00. The van der Waals surface area contributed by atoms with Gasteiger partial charge in [0.1, 0.15) is 17.0 Å². The lowest BCUT2D eigenvalue weighted by Crippen LogP contribution is -2.35. The maximum absolute atomic E-state index is 12.4. The second kappa shape index (κ2) is 9.19. The van der Waals surface area contributed by atoms with Gasteiger partial charge in [-0.1, -0.05) is 44.5 Å². The van der Waals surface area contributed by atoms with E-state index in [1.54, 1.807) is 18.8 Å². The summed E-state index contributed by atoms with van der Waals surface area (Å²) < 4.78 is 1.44. The first-order valence-corrected chi connectivity index (χ1v) is 10.2. The zero-order chi connectivity index (χ0) is 19.3. The van der Waals surface area contributed by atoms with E-state index < -0.39 is 5.69 Å². The molecule has 2 N–H and O–H groups in total. The number of fused-ring (bicyclic) bond motifs is 1. The summed E-state index contributed by atoms with van der Waals surface area (Å²) in [5.41, 5.74) is 0.669. The van der Waals surface area contributed by atoms with Crippen molar-refractivity contribution in [1.82, 2.24) is 9.55 Å². The van der Waals surface area contributed by atoms with E-state index in [-0.39, 0.29) is 11.1 Å². The van der Waals surface area contributed by atoms with Gasteiger partial charge in [-0.15, -0.1) is 11.8 Å². The van der Waals surface area contributed by atoms with E-state index in [1.807, 2.05) is 43.0 Å². The van der Waals surface area contributed by atoms with Gasteiger partial charge in [0.2, 0.25) is 0 Å². The summed E-state index contributed by atoms with van der Waals surface area (Å²) in [6.07, 6.45) is 1.03. The molecule has 6 nitrogen and oxygen atoms in total. The van der Waals surface area contributed by atoms with Crippen LogP contribution in [0.4, 0.5) is 11.5 Å². The van der Waals surface area contributed by atoms with Gasteiger partial charge in [0.25, 0.3) is 5.56 Å². The first-order valence-electron chi connectivity index (χ1n) is 8.73. The first kappa shape index (κ1) is 20.5. The number of halogens is 1. The van der Waals surface area contributed by atoms with Crippen molar-refractivity contribution < 1.29 is 0 Å². The van der Waals surface area contributed by atoms with Crippen LogP contribution < -0.4 is 21.5 Å². The molecule has 1 atom stereocenters. The third kappa shape index (κ3) is 4.27. The molecule has 1 unspecified atom stereocenters. The number of aromatic nitrogens is 2. The Kier molecular flexibility index (Phi) is 7.23. The minimum atomic E-state index is -0.418. The normalized spacial score (nSPS) is 15.1. The smallest absolute Gasteiger partial charge is 0.329 e. The lowest BCUT2D eigenvalue weighted by molar-refractivity contribution is 0.810. The summed E-state index contributed by atoms with van der Waals surface area (Å²) in [4.78, 5) is 28.6. The van der Waals surface area contributed by atoms with Crippen molar-refractivity contribution in [3.63, 3.8) is 0 Å². The molecule has 0 aliphatic carbocycles. The standard InChI is InChI=1S/C16H19ClN4O2S.C2H6/c1-3-8-24-16-18-13-12(14(22)19-15(23)20(13)2)21(16)9-10-4-6-11(17)7-5-10;1-2/h4-7,16,18H,3,8-9H2,1-2H3,(H,19,22,23);1-2H3. The maximum atomic E-state index is 12.4. The molecule has 1 aliphatic heterocycles. The summed E-state index contributed by atoms with van der Waals surface area (Å²) in [5.74, 6) is 1.51. The predicted molar refractivity (Wildman–Crippen MR) is 111 cm³/mol. The Morgan fingerprint density at radius 3 is 2.46 bits per heavy atom. The second-order valence-corrected chi connectivity index (χ2v) is 7.26. The molecule has 0 saturated carbocycles. The molecule has 1 aromatic heterocycles. The van der Waals surface area contributed by atoms with Crippen LogP contribution in [-0.4, -0.2) is 20.8 Å². The van der Waals surface area contributed by atoms with Crippen LogP contribution in [0.2, 0.25) is 5.02 Å². The van der Waals surface area contributed by atoms with Gasteiger partial charge < -0.3 is 10.2 Å². The summed E-state index contributed by atoms with van der Waals surface area (Å²) in [5, 5.41) is 3.98. The van der Waals surface area contributed by atoms with Crippen LogP contribution in [0.1, 0.15) is 32.8 Å². The number of aromatic amines is 1. The van der Waals surface area contributed by atoms with E-state index in [1.165, 1.54) is 4.57 Å². The Labute approximate surface area is 162 Å². The van der Waals surface area contributed by atoms with Gasteiger partial charge in [0.05, 0.1) is 0 Å². The Morgan fingerprint density at radius 1 is 1.19 bits per heavy atom. The lowest BCUT2D eigenvalue weighted by Gasteiger charge is -2.25. The molecule has 0 fully saturated rings. The number of nitrogens with one attached hydrogen (secondary N) is 2. The van der Waals surface area contributed by atoms with Crippen LogP contribution in [0, 0.1) is 0 Å². The van der Waals surface area contributed by atoms with Crippen LogP contribution in [0.25, 0.3) is 0 Å². The number of rotatable bonds is 5. The Morgan fingerprint density at radius 2 is 1.85 bits per heavy atom. The average molecular weight is 397 g/mol. The molecule has 0 bridgehead atoms. The van der Waals surface area contributed by atoms with Gasteiger partial charge in [0, 0.05) is 18.6 Å². The molecule has 0 amide bonds. The highest BCUT2D eigenvalue weighted by atomic mass is 35.5. The summed E-state index contributed by atoms with van der Waals surface area (Å²) in [6, 6.07) is 7.55. The molecule has 26 heavy (non-hydrogen) atoms. The molecule has 0 saturated heterocycles. The molecule has 3 rings (SSSR count). The summed E-state index contributed by atoms with van der Waals surface area (Å²) in [7, 11) is 1.65. The number of hydrogen-bond donors (Lipinski definition) is 2. The van der Waals surface area contributed by atoms with Crippen molar-refractivity contribution in [2.75, 3.05) is 16.0 Å². The summed E-state index contributed by atoms with van der Waals surface area (Å²) >= 11 is 7.66. The minimum absolute atomic E-state index is 0.0928. The van der Waals surface area contributed by atoms with Crippen LogP contribution in [-0.2, 0) is 13.6 Å². The van der Waals surface area contributed by atoms with Crippen molar-refractivity contribution >= 4 is 34.9 Å². The predicted octanol–water partition coefficient (Wildman–Crippen LogP) is 3.61. The number of thioether (sulfide) groups is 1. The number of hydrogen-bond acceptors (Lipinski definition) is 5. The van der Waals surface area contributed by atoms with Gasteiger partial charge in [-0.3, -0.25) is 14.3 Å². The van der Waals surface area contributed by atoms with Gasteiger partial charge in [-0.2, -0.15) is 0 Å². The zero-order valence-corrected chi connectivity index (χ0v) is 17.1. The fourth-order valence-corrected chi connectivity index (χ4v) is 3.80. The minimum Gasteiger partial charge on any atom is -0.341 e. The number of nitrogens with zero attached hydrogens (tertiary/aromatic N) is 2. The first-order chi connectivity index (χ1) is 12.5. The van der Waals surface area contributed by atoms with Crippen LogP contribution in [0.5, 0.6) is 0 Å². The highest BCUT2D eigenvalue weighted by Crippen LogP contribution is 2.35. The van der Waals surface area contributed by atoms with E-state index in [9.17, 15) is 9.59 Å². The number of benzene rings is 1. The van der Waals surface area contributed by atoms with Crippen LogP contribution >= 0.6 is 23.4 Å². The SMILES string of the molecule is CC.CCCSC1Nc2c(c(=O)[nH]c(=O)n2C)N1Cc1ccc(Cl)cc1. The zero-order valence-electron chi connectivity index (χ0n) is 15.5. The van der Waals surface area contributed by atoms with E-state index in [4.69, 9.17) is 11.6 Å². The largest absolute Gasteiger partial charge is 0.341 e. The molecule has 1 aliphatic rings. The molecule has 8 heteroatoms. The van der Waals surface area contributed by atoms with Gasteiger partial charge in [-0.25, -0.2) is 4.79 Å². The van der Waals surface area contributed by atoms with Crippen molar-refractivity contribution in [2.45, 2.75) is 39.2 Å². The molecule has 0 radical (unpaired) electrons. The van der Waals surface area contributed by atoms with Gasteiger partial charge >= 0.3 is 5.69 Å². The maximum Gasteiger partial charge on any atom is 0.329 e. The van der Waals surface area contributed by atoms with Crippen molar-refractivity contribution in [3.05, 3.63) is 55.7 Å². The van der Waals surface area contributed by atoms with Crippen molar-refractivity contribution in [3.8, 4) is 0 Å². The van der Waals surface area contributed by atoms with E-state index in [2.05, 4.69) is 17.2 Å². The molecular weight excluding hydrogens is 372 g/mol.